The molecule has 9 nitrogen and oxygen atoms in total. The molecule has 4 N–H and O–H groups in total. The number of nitrogen functional groups attached to an aromatic ring is 1. The van der Waals surface area contributed by atoms with E-state index in [1.54, 1.807) is 33.9 Å². The smallest absolute Gasteiger partial charge is 0.408 e. The van der Waals surface area contributed by atoms with E-state index < -0.39 is 23.3 Å². The van der Waals surface area contributed by atoms with Gasteiger partial charge in [0, 0.05) is 31.5 Å². The van der Waals surface area contributed by atoms with Crippen molar-refractivity contribution >= 4 is 23.4 Å². The Hall–Kier alpha value is -2.55. The molecule has 0 radical (unpaired) electrons. The topological polar surface area (TPSA) is 127 Å². The van der Waals surface area contributed by atoms with Crippen LogP contribution in [0, 0.1) is 5.92 Å². The Bertz CT molecular complexity index is 864. The molecule has 2 heterocycles. The maximum atomic E-state index is 12.4. The number of anilines is 2. The van der Waals surface area contributed by atoms with Gasteiger partial charge in [-0.3, -0.25) is 9.78 Å². The highest BCUT2D eigenvalue weighted by atomic mass is 16.6. The fourth-order valence-corrected chi connectivity index (χ4v) is 4.36. The highest BCUT2D eigenvalue weighted by Gasteiger charge is 2.45. The van der Waals surface area contributed by atoms with Gasteiger partial charge in [-0.05, 0) is 40.5 Å². The van der Waals surface area contributed by atoms with Gasteiger partial charge >= 0.3 is 12.1 Å². The number of alkyl carbamates (subject to hydrolysis) is 1. The number of aliphatic hydroxyl groups is 1. The first-order chi connectivity index (χ1) is 14.3. The SMILES string of the molecule is CC(=O)OC1CCc2c1ncc(N)c2N1CC(C)C(C)(O)C(NC(=O)OC(C)(C)C)C1. The molecule has 4 atom stereocenters. The number of nitrogens with zero attached hydrogens (tertiary/aromatic N) is 2. The monoisotopic (exact) mass is 434 g/mol. The second kappa shape index (κ2) is 8.18. The van der Waals surface area contributed by atoms with Crippen LogP contribution >= 0.6 is 0 Å². The lowest BCUT2D eigenvalue weighted by atomic mass is 9.79. The predicted octanol–water partition coefficient (Wildman–Crippen LogP) is 2.31. The van der Waals surface area contributed by atoms with E-state index in [-0.39, 0.29) is 18.0 Å². The van der Waals surface area contributed by atoms with Crippen molar-refractivity contribution in [3.05, 3.63) is 17.5 Å². The van der Waals surface area contributed by atoms with Crippen LogP contribution in [0.25, 0.3) is 0 Å². The van der Waals surface area contributed by atoms with Gasteiger partial charge in [0.15, 0.2) is 0 Å². The van der Waals surface area contributed by atoms with Gasteiger partial charge < -0.3 is 30.5 Å². The van der Waals surface area contributed by atoms with Crippen LogP contribution in [0.5, 0.6) is 0 Å². The van der Waals surface area contributed by atoms with Crippen LogP contribution in [0.15, 0.2) is 6.20 Å². The van der Waals surface area contributed by atoms with E-state index in [1.165, 1.54) is 6.92 Å². The van der Waals surface area contributed by atoms with Crippen molar-refractivity contribution in [3.63, 3.8) is 0 Å². The van der Waals surface area contributed by atoms with Gasteiger partial charge in [-0.1, -0.05) is 6.92 Å². The molecule has 0 saturated carbocycles. The number of esters is 1. The van der Waals surface area contributed by atoms with Crippen LogP contribution in [0.3, 0.4) is 0 Å². The largest absolute Gasteiger partial charge is 0.456 e. The van der Waals surface area contributed by atoms with Gasteiger partial charge in [-0.15, -0.1) is 0 Å². The Morgan fingerprint density at radius 2 is 2.03 bits per heavy atom. The molecule has 31 heavy (non-hydrogen) atoms. The Balaban J connectivity index is 1.89. The van der Waals surface area contributed by atoms with Crippen molar-refractivity contribution in [2.45, 2.75) is 77.7 Å². The molecule has 1 fully saturated rings. The van der Waals surface area contributed by atoms with E-state index in [4.69, 9.17) is 15.2 Å². The third-order valence-corrected chi connectivity index (χ3v) is 6.09. The van der Waals surface area contributed by atoms with E-state index in [9.17, 15) is 14.7 Å². The fraction of sp³-hybridized carbons (Fsp3) is 0.682. The van der Waals surface area contributed by atoms with Crippen LogP contribution in [-0.4, -0.2) is 52.5 Å². The van der Waals surface area contributed by atoms with Crippen LogP contribution < -0.4 is 16.0 Å². The molecule has 1 aliphatic heterocycles. The summed E-state index contributed by atoms with van der Waals surface area (Å²) in [6.45, 7) is 11.3. The second-order valence-electron chi connectivity index (χ2n) is 9.79. The molecular weight excluding hydrogens is 400 g/mol. The number of fused-ring (bicyclic) bond motifs is 1. The number of nitrogens with two attached hydrogens (primary N) is 1. The molecule has 0 spiro atoms. The van der Waals surface area contributed by atoms with Crippen molar-refractivity contribution in [3.8, 4) is 0 Å². The summed E-state index contributed by atoms with van der Waals surface area (Å²) in [4.78, 5) is 30.4. The zero-order chi connectivity index (χ0) is 23.1. The Labute approximate surface area is 183 Å². The number of amides is 1. The number of rotatable bonds is 3. The summed E-state index contributed by atoms with van der Waals surface area (Å²) in [6, 6.07) is -0.569. The van der Waals surface area contributed by atoms with Crippen LogP contribution in [0.1, 0.15) is 65.3 Å². The first kappa shape index (κ1) is 23.1. The van der Waals surface area contributed by atoms with Gasteiger partial charge in [0.25, 0.3) is 0 Å². The van der Waals surface area contributed by atoms with Gasteiger partial charge in [0.1, 0.15) is 11.7 Å². The number of hydrogen-bond acceptors (Lipinski definition) is 8. The molecule has 172 valence electrons. The normalized spacial score (nSPS) is 28.1. The van der Waals surface area contributed by atoms with Crippen LogP contribution in [0.2, 0.25) is 0 Å². The lowest BCUT2D eigenvalue weighted by Crippen LogP contribution is -2.65. The van der Waals surface area contributed by atoms with Gasteiger partial charge in [0.2, 0.25) is 0 Å². The van der Waals surface area contributed by atoms with Crippen molar-refractivity contribution < 1.29 is 24.2 Å². The molecule has 4 unspecified atom stereocenters. The number of carbonyl (C=O) groups is 2. The third-order valence-electron chi connectivity index (χ3n) is 6.09. The van der Waals surface area contributed by atoms with E-state index in [1.807, 2.05) is 6.92 Å². The van der Waals surface area contributed by atoms with Gasteiger partial charge in [0.05, 0.1) is 34.9 Å². The molecule has 9 heteroatoms. The molecule has 1 aromatic rings. The number of ether oxygens (including phenoxy) is 2. The minimum absolute atomic E-state index is 0.157. The maximum absolute atomic E-state index is 12.4. The number of carbonyl (C=O) groups excluding carboxylic acids is 2. The summed E-state index contributed by atoms with van der Waals surface area (Å²) in [5.74, 6) is -0.502. The summed E-state index contributed by atoms with van der Waals surface area (Å²) in [6.07, 6.45) is 1.97. The number of aromatic nitrogens is 1. The Kier molecular flexibility index (Phi) is 6.10. The van der Waals surface area contributed by atoms with Crippen molar-refractivity contribution in [1.82, 2.24) is 10.3 Å². The Morgan fingerprint density at radius 1 is 1.35 bits per heavy atom. The fourth-order valence-electron chi connectivity index (χ4n) is 4.36. The van der Waals surface area contributed by atoms with Crippen LogP contribution in [0.4, 0.5) is 16.2 Å². The summed E-state index contributed by atoms with van der Waals surface area (Å²) >= 11 is 0. The summed E-state index contributed by atoms with van der Waals surface area (Å²) in [7, 11) is 0. The third kappa shape index (κ3) is 4.87. The highest BCUT2D eigenvalue weighted by molar-refractivity contribution is 5.74. The first-order valence-electron chi connectivity index (χ1n) is 10.7. The number of pyridine rings is 1. The summed E-state index contributed by atoms with van der Waals surface area (Å²) in [5.41, 5.74) is 7.59. The van der Waals surface area contributed by atoms with Crippen LogP contribution in [-0.2, 0) is 20.7 Å². The molecule has 3 rings (SSSR count). The quantitative estimate of drug-likeness (QED) is 0.619. The lowest BCUT2D eigenvalue weighted by molar-refractivity contribution is -0.146. The van der Waals surface area contributed by atoms with E-state index in [0.717, 1.165) is 16.9 Å². The molecule has 1 aromatic heterocycles. The van der Waals surface area contributed by atoms with E-state index >= 15 is 0 Å². The highest BCUT2D eigenvalue weighted by Crippen LogP contribution is 2.43. The van der Waals surface area contributed by atoms with Gasteiger partial charge in [-0.2, -0.15) is 0 Å². The lowest BCUT2D eigenvalue weighted by Gasteiger charge is -2.48. The standard InChI is InChI=1S/C22H34N4O5/c1-12-10-26(11-17(22(12,6)29)25-20(28)31-21(3,4)5)19-14-7-8-16(30-13(2)27)18(14)24-9-15(19)23/h9,12,16-17,29H,7-8,10-11,23H2,1-6H3,(H,25,28). The van der Waals surface area contributed by atoms with Gasteiger partial charge in [-0.25, -0.2) is 4.79 Å². The summed E-state index contributed by atoms with van der Waals surface area (Å²) in [5, 5.41) is 14.0. The Morgan fingerprint density at radius 3 is 2.65 bits per heavy atom. The number of nitrogens with one attached hydrogen (secondary N) is 1. The number of hydrogen-bond donors (Lipinski definition) is 3. The van der Waals surface area contributed by atoms with Crippen molar-refractivity contribution in [2.24, 2.45) is 5.92 Å². The molecular formula is C22H34N4O5. The minimum atomic E-state index is -1.13. The molecule has 1 aliphatic carbocycles. The van der Waals surface area contributed by atoms with Crippen molar-refractivity contribution in [2.75, 3.05) is 23.7 Å². The first-order valence-corrected chi connectivity index (χ1v) is 10.7. The minimum Gasteiger partial charge on any atom is -0.456 e. The summed E-state index contributed by atoms with van der Waals surface area (Å²) < 4.78 is 10.8. The van der Waals surface area contributed by atoms with Crippen molar-refractivity contribution in [1.29, 1.82) is 0 Å². The molecule has 1 saturated heterocycles. The molecule has 2 aliphatic rings. The predicted molar refractivity (Wildman–Crippen MR) is 117 cm³/mol. The zero-order valence-electron chi connectivity index (χ0n) is 19.2. The zero-order valence-corrected chi connectivity index (χ0v) is 19.2. The number of piperidine rings is 1. The van der Waals surface area contributed by atoms with E-state index in [0.29, 0.717) is 31.6 Å². The van der Waals surface area contributed by atoms with E-state index in [2.05, 4.69) is 15.2 Å². The average molecular weight is 435 g/mol. The molecule has 0 aromatic carbocycles. The average Bonchev–Trinajstić information content (AvgIpc) is 2.99. The second-order valence-corrected chi connectivity index (χ2v) is 9.79. The maximum Gasteiger partial charge on any atom is 0.408 e. The molecule has 1 amide bonds. The molecule has 0 bridgehead atoms.